The van der Waals surface area contributed by atoms with E-state index in [-0.39, 0.29) is 0 Å². The highest BCUT2D eigenvalue weighted by molar-refractivity contribution is 7.26. The van der Waals surface area contributed by atoms with Crippen LogP contribution >= 0.6 is 11.3 Å². The highest BCUT2D eigenvalue weighted by Gasteiger charge is 2.18. The van der Waals surface area contributed by atoms with E-state index < -0.39 is 0 Å². The van der Waals surface area contributed by atoms with Crippen molar-refractivity contribution in [3.8, 4) is 22.6 Å². The van der Waals surface area contributed by atoms with Gasteiger partial charge >= 0.3 is 0 Å². The molecule has 0 saturated carbocycles. The summed E-state index contributed by atoms with van der Waals surface area (Å²) in [6.07, 6.45) is 0. The number of thiophene rings is 1. The summed E-state index contributed by atoms with van der Waals surface area (Å²) >= 11 is 1.75. The number of hydrogen-bond acceptors (Lipinski definition) is 5. The third kappa shape index (κ3) is 4.36. The van der Waals surface area contributed by atoms with Gasteiger partial charge in [-0.25, -0.2) is 9.97 Å². The fourth-order valence-corrected chi connectivity index (χ4v) is 7.31. The predicted octanol–water partition coefficient (Wildman–Crippen LogP) is 11.5. The molecular formula is C40H25N3OS. The molecule has 0 aliphatic carbocycles. The lowest BCUT2D eigenvalue weighted by Crippen LogP contribution is -2.09. The van der Waals surface area contributed by atoms with E-state index in [1.807, 2.05) is 18.2 Å². The first-order valence-corrected chi connectivity index (χ1v) is 15.7. The smallest absolute Gasteiger partial charge is 0.160 e. The van der Waals surface area contributed by atoms with Crippen LogP contribution in [0.4, 0.5) is 17.1 Å². The summed E-state index contributed by atoms with van der Waals surface area (Å²) in [5.41, 5.74) is 8.79. The molecule has 212 valence electrons. The van der Waals surface area contributed by atoms with Crippen LogP contribution in [0.25, 0.3) is 64.9 Å². The summed E-state index contributed by atoms with van der Waals surface area (Å²) in [7, 11) is 0. The predicted molar refractivity (Wildman–Crippen MR) is 188 cm³/mol. The molecule has 3 aromatic heterocycles. The Morgan fingerprint density at radius 3 is 1.84 bits per heavy atom. The molecule has 0 radical (unpaired) electrons. The van der Waals surface area contributed by atoms with E-state index in [4.69, 9.17) is 14.4 Å². The van der Waals surface area contributed by atoms with Crippen LogP contribution in [0.15, 0.2) is 156 Å². The molecule has 9 rings (SSSR count). The van der Waals surface area contributed by atoms with Gasteiger partial charge < -0.3 is 9.32 Å². The minimum absolute atomic E-state index is 0.687. The molecule has 0 unspecified atom stereocenters. The maximum Gasteiger partial charge on any atom is 0.160 e. The van der Waals surface area contributed by atoms with Crippen LogP contribution in [0.2, 0.25) is 0 Å². The summed E-state index contributed by atoms with van der Waals surface area (Å²) in [5.74, 6) is 0.687. The molecule has 0 saturated heterocycles. The van der Waals surface area contributed by atoms with Crippen molar-refractivity contribution in [1.29, 1.82) is 0 Å². The zero-order valence-corrected chi connectivity index (χ0v) is 24.9. The summed E-state index contributed by atoms with van der Waals surface area (Å²) in [6.45, 7) is 0. The Kier molecular flexibility index (Phi) is 5.96. The molecular weight excluding hydrogens is 571 g/mol. The second kappa shape index (κ2) is 10.4. The average molecular weight is 596 g/mol. The zero-order valence-electron chi connectivity index (χ0n) is 24.1. The van der Waals surface area contributed by atoms with E-state index in [9.17, 15) is 0 Å². The molecule has 4 nitrogen and oxygen atoms in total. The van der Waals surface area contributed by atoms with Gasteiger partial charge in [-0.3, -0.25) is 0 Å². The van der Waals surface area contributed by atoms with Gasteiger partial charge in [0.05, 0.1) is 15.9 Å². The number of anilines is 3. The van der Waals surface area contributed by atoms with Gasteiger partial charge in [-0.1, -0.05) is 91.0 Å². The average Bonchev–Trinajstić information content (AvgIpc) is 3.67. The molecule has 0 atom stereocenters. The first-order valence-electron chi connectivity index (χ1n) is 14.9. The van der Waals surface area contributed by atoms with E-state index >= 15 is 0 Å². The topological polar surface area (TPSA) is 42.2 Å². The van der Waals surface area contributed by atoms with E-state index in [1.54, 1.807) is 11.3 Å². The van der Waals surface area contributed by atoms with Gasteiger partial charge in [0.2, 0.25) is 0 Å². The first-order chi connectivity index (χ1) is 22.3. The van der Waals surface area contributed by atoms with Crippen LogP contribution in [0.3, 0.4) is 0 Å². The van der Waals surface area contributed by atoms with Crippen LogP contribution in [0, 0.1) is 0 Å². The number of benzene rings is 6. The van der Waals surface area contributed by atoms with Gasteiger partial charge in [0.1, 0.15) is 11.2 Å². The molecule has 0 N–H and O–H groups in total. The van der Waals surface area contributed by atoms with Crippen LogP contribution in [0.5, 0.6) is 0 Å². The number of nitrogens with zero attached hydrogens (tertiary/aromatic N) is 3. The van der Waals surface area contributed by atoms with Crippen molar-refractivity contribution < 1.29 is 4.42 Å². The van der Waals surface area contributed by atoms with Crippen LogP contribution in [-0.4, -0.2) is 9.97 Å². The molecule has 0 aliphatic heterocycles. The minimum Gasteiger partial charge on any atom is -0.456 e. The maximum atomic E-state index is 6.55. The van der Waals surface area contributed by atoms with Crippen molar-refractivity contribution in [2.24, 2.45) is 0 Å². The lowest BCUT2D eigenvalue weighted by molar-refractivity contribution is 0.669. The van der Waals surface area contributed by atoms with E-state index in [0.29, 0.717) is 5.82 Å². The summed E-state index contributed by atoms with van der Waals surface area (Å²) < 4.78 is 8.86. The summed E-state index contributed by atoms with van der Waals surface area (Å²) in [4.78, 5) is 12.5. The van der Waals surface area contributed by atoms with Crippen LogP contribution in [-0.2, 0) is 0 Å². The zero-order chi connectivity index (χ0) is 29.7. The normalized spacial score (nSPS) is 11.6. The molecule has 0 fully saturated rings. The fourth-order valence-electron chi connectivity index (χ4n) is 6.16. The Hall–Kier alpha value is -5.78. The van der Waals surface area contributed by atoms with Crippen molar-refractivity contribution in [3.63, 3.8) is 0 Å². The van der Waals surface area contributed by atoms with Crippen molar-refractivity contribution >= 4 is 70.6 Å². The third-order valence-corrected chi connectivity index (χ3v) is 9.44. The van der Waals surface area contributed by atoms with Crippen molar-refractivity contribution in [2.45, 2.75) is 0 Å². The van der Waals surface area contributed by atoms with Gasteiger partial charge in [0.25, 0.3) is 0 Å². The minimum atomic E-state index is 0.687. The summed E-state index contributed by atoms with van der Waals surface area (Å²) in [5, 5.41) is 3.29. The highest BCUT2D eigenvalue weighted by atomic mass is 32.1. The van der Waals surface area contributed by atoms with Gasteiger partial charge in [-0.2, -0.15) is 0 Å². The largest absolute Gasteiger partial charge is 0.456 e. The molecule has 45 heavy (non-hydrogen) atoms. The quantitative estimate of drug-likeness (QED) is 0.198. The Balaban J connectivity index is 1.20. The Labute approximate surface area is 263 Å². The van der Waals surface area contributed by atoms with Crippen molar-refractivity contribution in [1.82, 2.24) is 9.97 Å². The lowest BCUT2D eigenvalue weighted by atomic mass is 10.1. The van der Waals surface area contributed by atoms with E-state index in [2.05, 4.69) is 138 Å². The molecule has 5 heteroatoms. The van der Waals surface area contributed by atoms with E-state index in [1.165, 1.54) is 4.70 Å². The molecule has 6 aromatic carbocycles. The lowest BCUT2D eigenvalue weighted by Gasteiger charge is -2.25. The highest BCUT2D eigenvalue weighted by Crippen LogP contribution is 2.41. The van der Waals surface area contributed by atoms with Gasteiger partial charge in [0, 0.05) is 55.1 Å². The fraction of sp³-hybridized carbons (Fsp3) is 0. The Bertz CT molecular complexity index is 2450. The van der Waals surface area contributed by atoms with Gasteiger partial charge in [0.15, 0.2) is 5.82 Å². The SMILES string of the molecule is c1ccc(-c2nc(-c3ccc4c(c3)oc3cc(N(c5ccccc5)c5ccccc5)ccc34)nc3c2sc2ccccc23)cc1. The van der Waals surface area contributed by atoms with Crippen LogP contribution in [0.1, 0.15) is 0 Å². The Morgan fingerprint density at radius 1 is 0.489 bits per heavy atom. The molecule has 0 spiro atoms. The monoisotopic (exact) mass is 595 g/mol. The Morgan fingerprint density at radius 2 is 1.11 bits per heavy atom. The number of rotatable bonds is 5. The second-order valence-corrected chi connectivity index (χ2v) is 12.1. The van der Waals surface area contributed by atoms with Gasteiger partial charge in [-0.15, -0.1) is 11.3 Å². The molecule has 0 aliphatic rings. The number of furan rings is 1. The first kappa shape index (κ1) is 25.7. The number of para-hydroxylation sites is 2. The van der Waals surface area contributed by atoms with Gasteiger partial charge in [-0.05, 0) is 54.6 Å². The molecule has 0 bridgehead atoms. The van der Waals surface area contributed by atoms with E-state index in [0.717, 1.165) is 71.4 Å². The number of hydrogen-bond donors (Lipinski definition) is 0. The van der Waals surface area contributed by atoms with Crippen molar-refractivity contribution in [2.75, 3.05) is 4.90 Å². The standard InChI is InChI=1S/C40H25N3OS/c1-4-12-26(13-5-1)37-39-38(33-18-10-11-19-36(33)45-39)42-40(41-37)27-20-22-31-32-23-21-30(25-35(32)44-34(31)24-27)43(28-14-6-2-7-15-28)29-16-8-3-9-17-29/h1-25H. The third-order valence-electron chi connectivity index (χ3n) is 8.27. The second-order valence-electron chi connectivity index (χ2n) is 11.0. The number of fused-ring (bicyclic) bond motifs is 6. The molecule has 3 heterocycles. The summed E-state index contributed by atoms with van der Waals surface area (Å²) in [6, 6.07) is 52.4. The molecule has 0 amide bonds. The van der Waals surface area contributed by atoms with Crippen molar-refractivity contribution in [3.05, 3.63) is 152 Å². The van der Waals surface area contributed by atoms with Crippen LogP contribution < -0.4 is 4.90 Å². The molecule has 9 aromatic rings. The maximum absolute atomic E-state index is 6.55. The number of aromatic nitrogens is 2.